The van der Waals surface area contributed by atoms with Gasteiger partial charge in [-0.05, 0) is 25.5 Å². The first-order valence-electron chi connectivity index (χ1n) is 4.89. The number of carbonyl (C=O) groups excluding carboxylic acids is 1. The first-order valence-corrected chi connectivity index (χ1v) is 4.89. The number of nitrogens with one attached hydrogen (secondary N) is 1. The Morgan fingerprint density at radius 1 is 1.53 bits per heavy atom. The van der Waals surface area contributed by atoms with E-state index in [9.17, 15) is 4.79 Å². The van der Waals surface area contributed by atoms with E-state index in [1.54, 1.807) is 19.3 Å². The minimum absolute atomic E-state index is 0.0767. The number of hydrogen-bond donors (Lipinski definition) is 1. The third kappa shape index (κ3) is 3.32. The molecule has 0 aliphatic heterocycles. The molecule has 0 saturated carbocycles. The number of hydrogen-bond acceptors (Lipinski definition) is 4. The van der Waals surface area contributed by atoms with Crippen molar-refractivity contribution in [2.45, 2.75) is 25.9 Å². The van der Waals surface area contributed by atoms with E-state index in [4.69, 9.17) is 0 Å². The highest BCUT2D eigenvalue weighted by Crippen LogP contribution is 2.10. The Labute approximate surface area is 89.7 Å². The quantitative estimate of drug-likeness (QED) is 0.758. The van der Waals surface area contributed by atoms with Gasteiger partial charge in [0.2, 0.25) is 0 Å². The van der Waals surface area contributed by atoms with Crippen LogP contribution in [0.3, 0.4) is 0 Å². The molecule has 0 radical (unpaired) electrons. The molecule has 2 unspecified atom stereocenters. The lowest BCUT2D eigenvalue weighted by Gasteiger charge is -2.18. The molecule has 82 valence electrons. The van der Waals surface area contributed by atoms with Gasteiger partial charge in [-0.25, -0.2) is 0 Å². The normalized spacial score (nSPS) is 14.3. The predicted molar refractivity (Wildman–Crippen MR) is 57.3 cm³/mol. The first-order chi connectivity index (χ1) is 7.15. The van der Waals surface area contributed by atoms with Crippen molar-refractivity contribution in [3.63, 3.8) is 0 Å². The number of aromatic nitrogens is 1. The van der Waals surface area contributed by atoms with Crippen LogP contribution in [0.5, 0.6) is 0 Å². The van der Waals surface area contributed by atoms with Crippen molar-refractivity contribution in [3.8, 4) is 0 Å². The van der Waals surface area contributed by atoms with Crippen molar-refractivity contribution < 1.29 is 9.53 Å². The van der Waals surface area contributed by atoms with Crippen LogP contribution < -0.4 is 5.32 Å². The van der Waals surface area contributed by atoms with Crippen LogP contribution in [0.15, 0.2) is 24.5 Å². The van der Waals surface area contributed by atoms with E-state index in [1.165, 1.54) is 7.11 Å². The number of nitrogens with zero attached hydrogens (tertiary/aromatic N) is 1. The maximum absolute atomic E-state index is 11.2. The average Bonchev–Trinajstić information content (AvgIpc) is 2.29. The third-order valence-electron chi connectivity index (χ3n) is 2.24. The molecule has 4 heteroatoms. The number of methoxy groups -OCH3 is 1. The number of ether oxygens (including phenoxy) is 1. The Hall–Kier alpha value is -1.42. The average molecular weight is 208 g/mol. The summed E-state index contributed by atoms with van der Waals surface area (Å²) in [4.78, 5) is 15.2. The second kappa shape index (κ2) is 5.46. The predicted octanol–water partition coefficient (Wildman–Crippen LogP) is 1.29. The summed E-state index contributed by atoms with van der Waals surface area (Å²) in [5.41, 5.74) is 1.05. The summed E-state index contributed by atoms with van der Waals surface area (Å²) in [6.07, 6.45) is 3.50. The SMILES string of the molecule is COC(=O)C(C)NC(C)c1cccnc1. The fourth-order valence-electron chi connectivity index (χ4n) is 1.35. The second-order valence-electron chi connectivity index (χ2n) is 3.42. The highest BCUT2D eigenvalue weighted by Gasteiger charge is 2.16. The van der Waals surface area contributed by atoms with Crippen LogP contribution in [0, 0.1) is 0 Å². The van der Waals surface area contributed by atoms with Gasteiger partial charge in [-0.3, -0.25) is 15.1 Å². The van der Waals surface area contributed by atoms with Gasteiger partial charge in [0, 0.05) is 18.4 Å². The maximum atomic E-state index is 11.2. The van der Waals surface area contributed by atoms with Crippen molar-refractivity contribution in [3.05, 3.63) is 30.1 Å². The zero-order valence-corrected chi connectivity index (χ0v) is 9.23. The van der Waals surface area contributed by atoms with Gasteiger partial charge in [0.05, 0.1) is 7.11 Å². The molecule has 0 bridgehead atoms. The summed E-state index contributed by atoms with van der Waals surface area (Å²) in [6, 6.07) is 3.60. The molecule has 1 aromatic heterocycles. The van der Waals surface area contributed by atoms with Crippen molar-refractivity contribution in [2.75, 3.05) is 7.11 Å². The summed E-state index contributed by atoms with van der Waals surface area (Å²) in [7, 11) is 1.38. The molecule has 1 rings (SSSR count). The number of pyridine rings is 1. The Balaban J connectivity index is 2.56. The molecule has 0 aromatic carbocycles. The molecular weight excluding hydrogens is 192 g/mol. The molecule has 1 heterocycles. The van der Waals surface area contributed by atoms with E-state index in [-0.39, 0.29) is 18.1 Å². The van der Waals surface area contributed by atoms with Gasteiger partial charge in [0.15, 0.2) is 0 Å². The molecule has 15 heavy (non-hydrogen) atoms. The highest BCUT2D eigenvalue weighted by molar-refractivity contribution is 5.75. The van der Waals surface area contributed by atoms with E-state index in [1.807, 2.05) is 19.1 Å². The summed E-state index contributed by atoms with van der Waals surface area (Å²) in [5.74, 6) is -0.259. The standard InChI is InChI=1S/C11H16N2O2/c1-8(10-5-4-6-12-7-10)13-9(2)11(14)15-3/h4-9,13H,1-3H3. The van der Waals surface area contributed by atoms with Crippen LogP contribution >= 0.6 is 0 Å². The molecule has 0 aliphatic carbocycles. The van der Waals surface area contributed by atoms with Crippen molar-refractivity contribution in [2.24, 2.45) is 0 Å². The Morgan fingerprint density at radius 3 is 2.80 bits per heavy atom. The molecule has 1 N–H and O–H groups in total. The molecule has 0 fully saturated rings. The number of rotatable bonds is 4. The maximum Gasteiger partial charge on any atom is 0.322 e. The molecule has 0 amide bonds. The van der Waals surface area contributed by atoms with Crippen molar-refractivity contribution >= 4 is 5.97 Å². The largest absolute Gasteiger partial charge is 0.468 e. The zero-order valence-electron chi connectivity index (χ0n) is 9.23. The molecular formula is C11H16N2O2. The zero-order chi connectivity index (χ0) is 11.3. The minimum Gasteiger partial charge on any atom is -0.468 e. The van der Waals surface area contributed by atoms with Crippen LogP contribution in [-0.2, 0) is 9.53 Å². The molecule has 0 saturated heterocycles. The van der Waals surface area contributed by atoms with Gasteiger partial charge in [-0.1, -0.05) is 6.07 Å². The van der Waals surface area contributed by atoms with Gasteiger partial charge in [0.25, 0.3) is 0 Å². The topological polar surface area (TPSA) is 51.2 Å². The Morgan fingerprint density at radius 2 is 2.27 bits per heavy atom. The van der Waals surface area contributed by atoms with Gasteiger partial charge in [-0.15, -0.1) is 0 Å². The molecule has 0 aliphatic rings. The molecule has 0 spiro atoms. The summed E-state index contributed by atoms with van der Waals surface area (Å²) >= 11 is 0. The second-order valence-corrected chi connectivity index (χ2v) is 3.42. The van der Waals surface area contributed by atoms with Crippen molar-refractivity contribution in [1.82, 2.24) is 10.3 Å². The smallest absolute Gasteiger partial charge is 0.322 e. The van der Waals surface area contributed by atoms with E-state index in [2.05, 4.69) is 15.0 Å². The Kier molecular flexibility index (Phi) is 4.24. The number of carbonyl (C=O) groups is 1. The third-order valence-corrected chi connectivity index (χ3v) is 2.24. The lowest BCUT2D eigenvalue weighted by molar-refractivity contribution is -0.142. The minimum atomic E-state index is -0.315. The van der Waals surface area contributed by atoms with Crippen LogP contribution in [0.25, 0.3) is 0 Å². The lowest BCUT2D eigenvalue weighted by Crippen LogP contribution is -2.36. The lowest BCUT2D eigenvalue weighted by atomic mass is 10.1. The number of esters is 1. The van der Waals surface area contributed by atoms with E-state index in [0.29, 0.717) is 0 Å². The monoisotopic (exact) mass is 208 g/mol. The van der Waals surface area contributed by atoms with Crippen LogP contribution in [0.4, 0.5) is 0 Å². The molecule has 1 aromatic rings. The summed E-state index contributed by atoms with van der Waals surface area (Å²) < 4.78 is 4.63. The van der Waals surface area contributed by atoms with E-state index >= 15 is 0 Å². The van der Waals surface area contributed by atoms with Crippen molar-refractivity contribution in [1.29, 1.82) is 0 Å². The molecule has 4 nitrogen and oxygen atoms in total. The van der Waals surface area contributed by atoms with E-state index in [0.717, 1.165) is 5.56 Å². The van der Waals surface area contributed by atoms with Gasteiger partial charge >= 0.3 is 5.97 Å². The van der Waals surface area contributed by atoms with E-state index < -0.39 is 0 Å². The summed E-state index contributed by atoms with van der Waals surface area (Å²) in [5, 5.41) is 3.13. The van der Waals surface area contributed by atoms with Gasteiger partial charge < -0.3 is 4.74 Å². The van der Waals surface area contributed by atoms with Crippen LogP contribution in [0.1, 0.15) is 25.5 Å². The fraction of sp³-hybridized carbons (Fsp3) is 0.455. The summed E-state index contributed by atoms with van der Waals surface area (Å²) in [6.45, 7) is 3.76. The highest BCUT2D eigenvalue weighted by atomic mass is 16.5. The van der Waals surface area contributed by atoms with Gasteiger partial charge in [-0.2, -0.15) is 0 Å². The Bertz CT molecular complexity index is 314. The molecule has 2 atom stereocenters. The van der Waals surface area contributed by atoms with Gasteiger partial charge in [0.1, 0.15) is 6.04 Å². The van der Waals surface area contributed by atoms with Crippen LogP contribution in [0.2, 0.25) is 0 Å². The van der Waals surface area contributed by atoms with Crippen LogP contribution in [-0.4, -0.2) is 24.1 Å². The fourth-order valence-corrected chi connectivity index (χ4v) is 1.35. The first kappa shape index (κ1) is 11.7.